The average molecular weight is 173 g/mol. The molecule has 0 aromatic carbocycles. The number of halogens is 1. The van der Waals surface area contributed by atoms with E-state index in [0.717, 1.165) is 19.4 Å². The molecule has 0 aromatic heterocycles. The van der Waals surface area contributed by atoms with E-state index in [9.17, 15) is 4.39 Å². The second kappa shape index (κ2) is 3.33. The Morgan fingerprint density at radius 3 is 2.33 bits per heavy atom. The molecule has 0 saturated carbocycles. The fourth-order valence-corrected chi connectivity index (χ4v) is 2.14. The molecule has 0 radical (unpaired) electrons. The van der Waals surface area contributed by atoms with Crippen molar-refractivity contribution in [2.45, 2.75) is 58.3 Å². The normalized spacial score (nSPS) is 27.0. The van der Waals surface area contributed by atoms with Gasteiger partial charge in [0, 0.05) is 12.1 Å². The molecule has 1 rings (SSSR count). The lowest BCUT2D eigenvalue weighted by molar-refractivity contribution is 0.0605. The quantitative estimate of drug-likeness (QED) is 0.620. The van der Waals surface area contributed by atoms with Gasteiger partial charge < -0.3 is 0 Å². The van der Waals surface area contributed by atoms with Crippen molar-refractivity contribution in [1.82, 2.24) is 4.90 Å². The number of likely N-dealkylation sites (tertiary alicyclic amines) is 1. The molecule has 1 unspecified atom stereocenters. The van der Waals surface area contributed by atoms with Crippen molar-refractivity contribution in [1.29, 1.82) is 0 Å². The zero-order valence-corrected chi connectivity index (χ0v) is 8.60. The van der Waals surface area contributed by atoms with Crippen molar-refractivity contribution in [3.05, 3.63) is 0 Å². The molecule has 0 aliphatic carbocycles. The molecule has 0 spiro atoms. The van der Waals surface area contributed by atoms with E-state index >= 15 is 0 Å². The van der Waals surface area contributed by atoms with Crippen LogP contribution in [0.3, 0.4) is 0 Å². The zero-order chi connectivity index (χ0) is 9.35. The zero-order valence-electron chi connectivity index (χ0n) is 8.60. The number of hydrogen-bond acceptors (Lipinski definition) is 1. The minimum absolute atomic E-state index is 0.137. The number of hydrogen-bond donors (Lipinski definition) is 0. The third-order valence-corrected chi connectivity index (χ3v) is 2.75. The third kappa shape index (κ3) is 1.98. The summed E-state index contributed by atoms with van der Waals surface area (Å²) in [6.07, 6.45) is 2.16. The van der Waals surface area contributed by atoms with Crippen molar-refractivity contribution in [3.8, 4) is 0 Å². The van der Waals surface area contributed by atoms with E-state index in [4.69, 9.17) is 0 Å². The Balaban J connectivity index is 2.64. The molecule has 1 fully saturated rings. The Kier molecular flexibility index (Phi) is 2.77. The van der Waals surface area contributed by atoms with E-state index in [1.54, 1.807) is 13.8 Å². The highest BCUT2D eigenvalue weighted by Crippen LogP contribution is 2.30. The van der Waals surface area contributed by atoms with E-state index in [2.05, 4.69) is 18.7 Å². The molecule has 2 heteroatoms. The van der Waals surface area contributed by atoms with Gasteiger partial charge in [-0.25, -0.2) is 4.39 Å². The molecule has 0 aromatic rings. The first kappa shape index (κ1) is 9.97. The van der Waals surface area contributed by atoms with Crippen LogP contribution in [0.2, 0.25) is 0 Å². The van der Waals surface area contributed by atoms with Crippen LogP contribution in [0.5, 0.6) is 0 Å². The molecule has 0 bridgehead atoms. The lowest BCUT2D eigenvalue weighted by atomic mass is 9.98. The van der Waals surface area contributed by atoms with Gasteiger partial charge in [0.2, 0.25) is 0 Å². The highest BCUT2D eigenvalue weighted by Gasteiger charge is 2.38. The van der Waals surface area contributed by atoms with Crippen LogP contribution in [-0.4, -0.2) is 29.2 Å². The largest absolute Gasteiger partial charge is 0.295 e. The van der Waals surface area contributed by atoms with Crippen molar-refractivity contribution in [2.24, 2.45) is 0 Å². The van der Waals surface area contributed by atoms with Gasteiger partial charge in [-0.05, 0) is 47.1 Å². The average Bonchev–Trinajstić information content (AvgIpc) is 2.30. The minimum Gasteiger partial charge on any atom is -0.295 e. The molecule has 12 heavy (non-hydrogen) atoms. The predicted octanol–water partition coefficient (Wildman–Crippen LogP) is 2.61. The van der Waals surface area contributed by atoms with Gasteiger partial charge in [-0.15, -0.1) is 0 Å². The van der Waals surface area contributed by atoms with Crippen molar-refractivity contribution < 1.29 is 4.39 Å². The first-order valence-electron chi connectivity index (χ1n) is 4.87. The van der Waals surface area contributed by atoms with Gasteiger partial charge in [0.15, 0.2) is 0 Å². The smallest absolute Gasteiger partial charge is 0.120 e. The molecule has 1 saturated heterocycles. The van der Waals surface area contributed by atoms with Crippen LogP contribution >= 0.6 is 0 Å². The molecular formula is C10H20FN. The second-order valence-electron chi connectivity index (χ2n) is 4.55. The fourth-order valence-electron chi connectivity index (χ4n) is 2.14. The van der Waals surface area contributed by atoms with E-state index in [-0.39, 0.29) is 6.04 Å². The van der Waals surface area contributed by atoms with Gasteiger partial charge in [0.1, 0.15) is 5.67 Å². The first-order valence-corrected chi connectivity index (χ1v) is 4.87. The van der Waals surface area contributed by atoms with Crippen LogP contribution < -0.4 is 0 Å². The highest BCUT2D eigenvalue weighted by atomic mass is 19.1. The Hall–Kier alpha value is -0.110. The van der Waals surface area contributed by atoms with Gasteiger partial charge in [-0.3, -0.25) is 4.90 Å². The van der Waals surface area contributed by atoms with Crippen LogP contribution in [0.25, 0.3) is 0 Å². The van der Waals surface area contributed by atoms with Gasteiger partial charge >= 0.3 is 0 Å². The summed E-state index contributed by atoms with van der Waals surface area (Å²) in [5.74, 6) is 0. The summed E-state index contributed by atoms with van der Waals surface area (Å²) in [4.78, 5) is 2.28. The van der Waals surface area contributed by atoms with Crippen LogP contribution in [0, 0.1) is 0 Å². The molecule has 1 atom stereocenters. The van der Waals surface area contributed by atoms with Crippen molar-refractivity contribution in [2.75, 3.05) is 6.54 Å². The van der Waals surface area contributed by atoms with Crippen LogP contribution in [0.4, 0.5) is 4.39 Å². The van der Waals surface area contributed by atoms with Crippen LogP contribution in [-0.2, 0) is 0 Å². The molecule has 1 heterocycles. The fraction of sp³-hybridized carbons (Fsp3) is 1.00. The van der Waals surface area contributed by atoms with Crippen molar-refractivity contribution >= 4 is 0 Å². The Bertz CT molecular complexity index is 148. The second-order valence-corrected chi connectivity index (χ2v) is 4.55. The topological polar surface area (TPSA) is 3.24 Å². The maximum absolute atomic E-state index is 13.7. The van der Waals surface area contributed by atoms with E-state index < -0.39 is 5.67 Å². The molecule has 1 aliphatic rings. The SMILES string of the molecule is CC(C)N1CCCC1C(C)(C)F. The van der Waals surface area contributed by atoms with E-state index in [0.29, 0.717) is 6.04 Å². The molecule has 0 amide bonds. The summed E-state index contributed by atoms with van der Waals surface area (Å²) in [6, 6.07) is 0.616. The monoisotopic (exact) mass is 173 g/mol. The Morgan fingerprint density at radius 2 is 2.00 bits per heavy atom. The molecule has 1 nitrogen and oxygen atoms in total. The van der Waals surface area contributed by atoms with Crippen LogP contribution in [0.1, 0.15) is 40.5 Å². The minimum atomic E-state index is -1.04. The maximum atomic E-state index is 13.7. The summed E-state index contributed by atoms with van der Waals surface area (Å²) in [5, 5.41) is 0. The highest BCUT2D eigenvalue weighted by molar-refractivity contribution is 4.92. The van der Waals surface area contributed by atoms with E-state index in [1.807, 2.05) is 0 Å². The molecule has 1 aliphatic heterocycles. The van der Waals surface area contributed by atoms with Gasteiger partial charge in [-0.2, -0.15) is 0 Å². The first-order chi connectivity index (χ1) is 5.43. The Morgan fingerprint density at radius 1 is 1.42 bits per heavy atom. The lowest BCUT2D eigenvalue weighted by Crippen LogP contribution is -2.45. The summed E-state index contributed by atoms with van der Waals surface area (Å²) in [6.45, 7) is 8.74. The van der Waals surface area contributed by atoms with Crippen molar-refractivity contribution in [3.63, 3.8) is 0 Å². The summed E-state index contributed by atoms with van der Waals surface area (Å²) in [7, 11) is 0. The Labute approximate surface area is 74.9 Å². The number of alkyl halides is 1. The number of nitrogens with zero attached hydrogens (tertiary/aromatic N) is 1. The van der Waals surface area contributed by atoms with Gasteiger partial charge in [0.05, 0.1) is 0 Å². The summed E-state index contributed by atoms with van der Waals surface area (Å²) >= 11 is 0. The maximum Gasteiger partial charge on any atom is 0.120 e. The van der Waals surface area contributed by atoms with E-state index in [1.165, 1.54) is 0 Å². The molecule has 72 valence electrons. The summed E-state index contributed by atoms with van der Waals surface area (Å²) in [5.41, 5.74) is -1.04. The standard InChI is InChI=1S/C10H20FN/c1-8(2)12-7-5-6-9(12)10(3,4)11/h8-9H,5-7H2,1-4H3. The summed E-state index contributed by atoms with van der Waals surface area (Å²) < 4.78 is 13.7. The number of rotatable bonds is 2. The molecule has 0 N–H and O–H groups in total. The predicted molar refractivity (Wildman–Crippen MR) is 50.1 cm³/mol. The third-order valence-electron chi connectivity index (χ3n) is 2.75. The lowest BCUT2D eigenvalue weighted by Gasteiger charge is -2.34. The van der Waals surface area contributed by atoms with Gasteiger partial charge in [0.25, 0.3) is 0 Å². The van der Waals surface area contributed by atoms with Gasteiger partial charge in [-0.1, -0.05) is 0 Å². The molecular weight excluding hydrogens is 153 g/mol. The van der Waals surface area contributed by atoms with Crippen LogP contribution in [0.15, 0.2) is 0 Å².